The minimum atomic E-state index is -0.825. The summed E-state index contributed by atoms with van der Waals surface area (Å²) in [5, 5.41) is 11.1. The van der Waals surface area contributed by atoms with Crippen molar-refractivity contribution in [3.8, 4) is 17.2 Å². The summed E-state index contributed by atoms with van der Waals surface area (Å²) in [5.74, 6) is -0.105. The third-order valence-electron chi connectivity index (χ3n) is 5.24. The largest absolute Gasteiger partial charge is 0.507 e. The Hall–Kier alpha value is -3.52. The molecule has 1 unspecified atom stereocenters. The number of hydrogen-bond donors (Lipinski definition) is 2. The standard InChI is InChI=1S/C23H26N2O6/c1-29-15-7-5-14(6-8-15)21(26)19-20(25(12-4-11-24)23(28)22(19)27)17-10-9-16(30-2)13-18(17)31-3/h5-10,13,20,26H,4,11-12,24H2,1-3H3/b21-19+. The SMILES string of the molecule is COc1ccc(/C(O)=C2\C(=O)C(=O)N(CCCN)C2c2ccc(OC)cc2OC)cc1. The van der Waals surface area contributed by atoms with Crippen LogP contribution in [0.3, 0.4) is 0 Å². The number of amides is 1. The number of benzene rings is 2. The number of nitrogens with two attached hydrogens (primary N) is 1. The molecule has 1 heterocycles. The van der Waals surface area contributed by atoms with Crippen LogP contribution in [0.2, 0.25) is 0 Å². The van der Waals surface area contributed by atoms with E-state index in [4.69, 9.17) is 19.9 Å². The number of ether oxygens (including phenoxy) is 3. The maximum absolute atomic E-state index is 13.0. The predicted octanol–water partition coefficient (Wildman–Crippen LogP) is 2.48. The highest BCUT2D eigenvalue weighted by molar-refractivity contribution is 6.46. The van der Waals surface area contributed by atoms with Gasteiger partial charge in [-0.3, -0.25) is 9.59 Å². The molecule has 0 aliphatic carbocycles. The van der Waals surface area contributed by atoms with Gasteiger partial charge in [-0.1, -0.05) is 0 Å². The maximum Gasteiger partial charge on any atom is 0.295 e. The van der Waals surface area contributed by atoms with Crippen LogP contribution in [0.5, 0.6) is 17.2 Å². The highest BCUT2D eigenvalue weighted by Crippen LogP contribution is 2.43. The first-order valence-electron chi connectivity index (χ1n) is 9.81. The summed E-state index contributed by atoms with van der Waals surface area (Å²) < 4.78 is 15.9. The van der Waals surface area contributed by atoms with Gasteiger partial charge in [-0.15, -0.1) is 0 Å². The summed E-state index contributed by atoms with van der Waals surface area (Å²) in [6.45, 7) is 0.619. The molecule has 0 aromatic heterocycles. The lowest BCUT2D eigenvalue weighted by Crippen LogP contribution is -2.31. The zero-order chi connectivity index (χ0) is 22.5. The molecule has 1 fully saturated rings. The monoisotopic (exact) mass is 426 g/mol. The molecule has 1 aliphatic rings. The van der Waals surface area contributed by atoms with Crippen LogP contribution in [-0.4, -0.2) is 56.1 Å². The Morgan fingerprint density at radius 2 is 1.65 bits per heavy atom. The van der Waals surface area contributed by atoms with E-state index in [-0.39, 0.29) is 17.9 Å². The summed E-state index contributed by atoms with van der Waals surface area (Å²) in [7, 11) is 4.56. The smallest absolute Gasteiger partial charge is 0.295 e. The van der Waals surface area contributed by atoms with E-state index >= 15 is 0 Å². The van der Waals surface area contributed by atoms with Gasteiger partial charge in [0.15, 0.2) is 0 Å². The molecule has 164 valence electrons. The van der Waals surface area contributed by atoms with Crippen molar-refractivity contribution in [1.29, 1.82) is 0 Å². The van der Waals surface area contributed by atoms with Crippen molar-refractivity contribution in [3.63, 3.8) is 0 Å². The molecule has 8 nitrogen and oxygen atoms in total. The van der Waals surface area contributed by atoms with Crippen LogP contribution in [0.15, 0.2) is 48.0 Å². The lowest BCUT2D eigenvalue weighted by Gasteiger charge is -2.26. The molecule has 1 saturated heterocycles. The van der Waals surface area contributed by atoms with Crippen molar-refractivity contribution in [2.75, 3.05) is 34.4 Å². The van der Waals surface area contributed by atoms with E-state index in [2.05, 4.69) is 0 Å². The first-order chi connectivity index (χ1) is 15.0. The summed E-state index contributed by atoms with van der Waals surface area (Å²) >= 11 is 0. The lowest BCUT2D eigenvalue weighted by molar-refractivity contribution is -0.139. The van der Waals surface area contributed by atoms with Crippen molar-refractivity contribution in [2.24, 2.45) is 5.73 Å². The van der Waals surface area contributed by atoms with E-state index in [1.807, 2.05) is 0 Å². The highest BCUT2D eigenvalue weighted by atomic mass is 16.5. The molecule has 0 saturated carbocycles. The second kappa shape index (κ2) is 9.53. The number of nitrogens with zero attached hydrogens (tertiary/aromatic N) is 1. The summed E-state index contributed by atoms with van der Waals surface area (Å²) in [5.41, 5.74) is 6.60. The molecule has 31 heavy (non-hydrogen) atoms. The van der Waals surface area contributed by atoms with Gasteiger partial charge in [0.1, 0.15) is 23.0 Å². The summed E-state index contributed by atoms with van der Waals surface area (Å²) in [6.07, 6.45) is 0.505. The van der Waals surface area contributed by atoms with Crippen LogP contribution in [0.4, 0.5) is 0 Å². The number of carbonyl (C=O) groups is 2. The van der Waals surface area contributed by atoms with E-state index in [1.165, 1.54) is 26.2 Å². The molecule has 1 atom stereocenters. The second-order valence-corrected chi connectivity index (χ2v) is 6.97. The number of likely N-dealkylation sites (tertiary alicyclic amines) is 1. The zero-order valence-electron chi connectivity index (χ0n) is 17.8. The molecular weight excluding hydrogens is 400 g/mol. The zero-order valence-corrected chi connectivity index (χ0v) is 17.8. The van der Waals surface area contributed by atoms with Gasteiger partial charge in [0.25, 0.3) is 11.7 Å². The van der Waals surface area contributed by atoms with E-state index in [1.54, 1.807) is 42.5 Å². The Labute approximate surface area is 180 Å². The minimum absolute atomic E-state index is 0.00402. The summed E-state index contributed by atoms with van der Waals surface area (Å²) in [6, 6.07) is 10.9. The van der Waals surface area contributed by atoms with Gasteiger partial charge < -0.3 is 30.0 Å². The maximum atomic E-state index is 13.0. The van der Waals surface area contributed by atoms with Crippen molar-refractivity contribution in [1.82, 2.24) is 4.90 Å². The average Bonchev–Trinajstić information content (AvgIpc) is 3.06. The molecule has 0 spiro atoms. The predicted molar refractivity (Wildman–Crippen MR) is 115 cm³/mol. The average molecular weight is 426 g/mol. The van der Waals surface area contributed by atoms with Gasteiger partial charge >= 0.3 is 0 Å². The number of aliphatic hydroxyl groups excluding tert-OH is 1. The van der Waals surface area contributed by atoms with Crippen LogP contribution in [-0.2, 0) is 9.59 Å². The molecule has 1 aliphatic heterocycles. The molecule has 0 radical (unpaired) electrons. The van der Waals surface area contributed by atoms with Crippen LogP contribution in [0, 0.1) is 0 Å². The van der Waals surface area contributed by atoms with Gasteiger partial charge in [-0.25, -0.2) is 0 Å². The first-order valence-corrected chi connectivity index (χ1v) is 9.81. The van der Waals surface area contributed by atoms with E-state index < -0.39 is 17.7 Å². The molecule has 8 heteroatoms. The Balaban J connectivity index is 2.19. The molecule has 3 N–H and O–H groups in total. The number of aliphatic hydroxyl groups is 1. The first kappa shape index (κ1) is 22.2. The second-order valence-electron chi connectivity index (χ2n) is 6.97. The quantitative estimate of drug-likeness (QED) is 0.379. The Kier molecular flexibility index (Phi) is 6.81. The van der Waals surface area contributed by atoms with E-state index in [9.17, 15) is 14.7 Å². The fraction of sp³-hybridized carbons (Fsp3) is 0.304. The molecule has 0 bridgehead atoms. The molecule has 2 aromatic carbocycles. The Bertz CT molecular complexity index is 1000. The minimum Gasteiger partial charge on any atom is -0.507 e. The van der Waals surface area contributed by atoms with E-state index in [0.29, 0.717) is 41.3 Å². The Morgan fingerprint density at radius 3 is 2.23 bits per heavy atom. The fourth-order valence-electron chi connectivity index (χ4n) is 3.64. The number of methoxy groups -OCH3 is 3. The number of Topliss-reactive ketones (excluding diaryl/α,β-unsaturated/α-hetero) is 1. The highest BCUT2D eigenvalue weighted by Gasteiger charge is 2.46. The van der Waals surface area contributed by atoms with Gasteiger partial charge in [0, 0.05) is 23.7 Å². The molecule has 3 rings (SSSR count). The lowest BCUT2D eigenvalue weighted by atomic mass is 9.94. The van der Waals surface area contributed by atoms with Crippen molar-refractivity contribution < 1.29 is 28.9 Å². The van der Waals surface area contributed by atoms with Crippen LogP contribution in [0.1, 0.15) is 23.6 Å². The summed E-state index contributed by atoms with van der Waals surface area (Å²) in [4.78, 5) is 27.3. The fourth-order valence-corrected chi connectivity index (χ4v) is 3.64. The van der Waals surface area contributed by atoms with Gasteiger partial charge in [0.05, 0.1) is 32.9 Å². The molecule has 1 amide bonds. The van der Waals surface area contributed by atoms with Crippen molar-refractivity contribution >= 4 is 17.4 Å². The normalized spacial score (nSPS) is 17.7. The van der Waals surface area contributed by atoms with Crippen LogP contribution < -0.4 is 19.9 Å². The van der Waals surface area contributed by atoms with E-state index in [0.717, 1.165) is 0 Å². The third-order valence-corrected chi connectivity index (χ3v) is 5.24. The number of hydrogen-bond acceptors (Lipinski definition) is 7. The van der Waals surface area contributed by atoms with Crippen LogP contribution >= 0.6 is 0 Å². The number of ketones is 1. The van der Waals surface area contributed by atoms with Crippen LogP contribution in [0.25, 0.3) is 5.76 Å². The van der Waals surface area contributed by atoms with Gasteiger partial charge in [-0.05, 0) is 49.4 Å². The third kappa shape index (κ3) is 4.20. The van der Waals surface area contributed by atoms with Crippen molar-refractivity contribution in [2.45, 2.75) is 12.5 Å². The van der Waals surface area contributed by atoms with Gasteiger partial charge in [0.2, 0.25) is 0 Å². The van der Waals surface area contributed by atoms with Crippen molar-refractivity contribution in [3.05, 3.63) is 59.2 Å². The topological polar surface area (TPSA) is 111 Å². The van der Waals surface area contributed by atoms with Gasteiger partial charge in [-0.2, -0.15) is 0 Å². The number of carbonyl (C=O) groups excluding carboxylic acids is 2. The molecular formula is C23H26N2O6. The Morgan fingerprint density at radius 1 is 1.00 bits per heavy atom. The molecule has 2 aromatic rings. The number of rotatable bonds is 8.